The Morgan fingerprint density at radius 3 is 2.29 bits per heavy atom. The van der Waals surface area contributed by atoms with Crippen LogP contribution in [0.15, 0.2) is 54.6 Å². The number of aromatic nitrogens is 2. The number of ether oxygens (including phenoxy) is 1. The Hall–Kier alpha value is -4.07. The summed E-state index contributed by atoms with van der Waals surface area (Å²) in [6.45, 7) is 8.76. The minimum Gasteiger partial charge on any atom is -0.462 e. The summed E-state index contributed by atoms with van der Waals surface area (Å²) in [5, 5.41) is 0. The van der Waals surface area contributed by atoms with Crippen molar-refractivity contribution in [1.82, 2.24) is 19.8 Å². The molecule has 4 rings (SSSR count). The first-order valence-corrected chi connectivity index (χ1v) is 14.6. The van der Waals surface area contributed by atoms with E-state index >= 15 is 0 Å². The molecule has 1 atom stereocenters. The highest BCUT2D eigenvalue weighted by atomic mass is 16.5. The van der Waals surface area contributed by atoms with Crippen LogP contribution in [-0.2, 0) is 11.2 Å². The number of piperazine rings is 1. The number of aryl methyl sites for hydroxylation is 2. The van der Waals surface area contributed by atoms with Gasteiger partial charge in [0.05, 0.1) is 12.3 Å². The van der Waals surface area contributed by atoms with E-state index in [4.69, 9.17) is 4.74 Å². The van der Waals surface area contributed by atoms with E-state index in [0.717, 1.165) is 12.8 Å². The number of nitrogens with zero attached hydrogens (tertiary/aromatic N) is 4. The molecule has 8 nitrogen and oxygen atoms in total. The van der Waals surface area contributed by atoms with E-state index in [1.54, 1.807) is 18.7 Å². The molecule has 0 aliphatic carbocycles. The lowest BCUT2D eigenvalue weighted by Crippen LogP contribution is -2.55. The maximum atomic E-state index is 13.8. The summed E-state index contributed by atoms with van der Waals surface area (Å²) in [4.78, 5) is 52.7. The van der Waals surface area contributed by atoms with Gasteiger partial charge in [0, 0.05) is 36.8 Å². The number of esters is 1. The van der Waals surface area contributed by atoms with Gasteiger partial charge in [-0.25, -0.2) is 14.8 Å². The monoisotopic (exact) mass is 556 g/mol. The molecule has 3 aromatic rings. The maximum absolute atomic E-state index is 13.8. The number of carbonyl (C=O) groups excluding carboxylic acids is 3. The zero-order valence-corrected chi connectivity index (χ0v) is 24.6. The normalized spacial score (nSPS) is 15.1. The Labute approximate surface area is 242 Å². The van der Waals surface area contributed by atoms with Gasteiger partial charge in [0.2, 0.25) is 0 Å². The summed E-state index contributed by atoms with van der Waals surface area (Å²) >= 11 is 0. The number of carbonyl (C=O) groups is 3. The summed E-state index contributed by atoms with van der Waals surface area (Å²) in [5.41, 5.74) is 3.05. The lowest BCUT2D eigenvalue weighted by molar-refractivity contribution is 0.0406. The van der Waals surface area contributed by atoms with Crippen LogP contribution in [0.1, 0.15) is 89.0 Å². The molecule has 2 heterocycles. The molecule has 2 aromatic carbocycles. The van der Waals surface area contributed by atoms with E-state index in [0.29, 0.717) is 42.3 Å². The molecule has 0 saturated carbocycles. The molecule has 1 aromatic heterocycles. The van der Waals surface area contributed by atoms with Crippen LogP contribution in [0.3, 0.4) is 0 Å². The van der Waals surface area contributed by atoms with E-state index < -0.39 is 5.97 Å². The number of hydrogen-bond donors (Lipinski definition) is 0. The Balaban J connectivity index is 1.51. The Bertz CT molecular complexity index is 1360. The topological polar surface area (TPSA) is 92.7 Å². The first-order valence-electron chi connectivity index (χ1n) is 14.6. The van der Waals surface area contributed by atoms with Crippen molar-refractivity contribution in [3.8, 4) is 11.3 Å². The van der Waals surface area contributed by atoms with Gasteiger partial charge in [0.15, 0.2) is 0 Å². The Kier molecular flexibility index (Phi) is 10.2. The Morgan fingerprint density at radius 1 is 0.902 bits per heavy atom. The Morgan fingerprint density at radius 2 is 1.63 bits per heavy atom. The summed E-state index contributed by atoms with van der Waals surface area (Å²) in [6.07, 6.45) is 5.86. The number of rotatable bonds is 10. The van der Waals surface area contributed by atoms with E-state index in [-0.39, 0.29) is 35.7 Å². The minimum atomic E-state index is -0.634. The lowest BCUT2D eigenvalue weighted by atomic mass is 10.0. The van der Waals surface area contributed by atoms with Crippen molar-refractivity contribution in [2.45, 2.75) is 65.8 Å². The van der Waals surface area contributed by atoms with Gasteiger partial charge in [-0.2, -0.15) is 0 Å². The minimum absolute atomic E-state index is 0.0244. The smallest absolute Gasteiger partial charge is 0.342 e. The number of benzene rings is 2. The predicted molar refractivity (Wildman–Crippen MR) is 159 cm³/mol. The van der Waals surface area contributed by atoms with Crippen LogP contribution in [0, 0.1) is 6.92 Å². The average molecular weight is 557 g/mol. The average Bonchev–Trinajstić information content (AvgIpc) is 2.99. The highest BCUT2D eigenvalue weighted by Gasteiger charge is 2.34. The molecule has 1 fully saturated rings. The van der Waals surface area contributed by atoms with Crippen LogP contribution in [0.4, 0.5) is 0 Å². The van der Waals surface area contributed by atoms with Gasteiger partial charge in [-0.3, -0.25) is 9.59 Å². The zero-order valence-electron chi connectivity index (χ0n) is 24.6. The van der Waals surface area contributed by atoms with Gasteiger partial charge in [-0.1, -0.05) is 68.7 Å². The third-order valence-corrected chi connectivity index (χ3v) is 7.45. The number of unbranched alkanes of at least 4 members (excludes halogenated alkanes) is 3. The molecule has 0 radical (unpaired) electrons. The van der Waals surface area contributed by atoms with Crippen LogP contribution in [0.5, 0.6) is 0 Å². The third kappa shape index (κ3) is 7.17. The molecule has 1 aliphatic rings. The van der Waals surface area contributed by atoms with Crippen molar-refractivity contribution >= 4 is 17.8 Å². The fraction of sp³-hybridized carbons (Fsp3) is 0.424. The molecule has 1 saturated heterocycles. The molecule has 8 heteroatoms. The summed E-state index contributed by atoms with van der Waals surface area (Å²) < 4.78 is 5.32. The largest absolute Gasteiger partial charge is 0.462 e. The standard InChI is InChI=1S/C33H40N4O4/c1-5-7-8-10-13-25-16-18-27(19-17-25)31(38)37-21-20-36(22-23(37)3)32(39)30-28(33(40)41-6-2)29(34-24(4)35-30)26-14-11-9-12-15-26/h9,11-12,14-19,23H,5-8,10,13,20-22H2,1-4H3. The van der Waals surface area contributed by atoms with Crippen LogP contribution in [0.2, 0.25) is 0 Å². The van der Waals surface area contributed by atoms with Gasteiger partial charge < -0.3 is 14.5 Å². The third-order valence-electron chi connectivity index (χ3n) is 7.45. The number of amides is 2. The van der Waals surface area contributed by atoms with E-state index in [9.17, 15) is 14.4 Å². The molecule has 216 valence electrons. The summed E-state index contributed by atoms with van der Waals surface area (Å²) in [7, 11) is 0. The fourth-order valence-electron chi connectivity index (χ4n) is 5.26. The molecule has 0 spiro atoms. The second-order valence-electron chi connectivity index (χ2n) is 10.5. The van der Waals surface area contributed by atoms with Crippen molar-refractivity contribution in [3.63, 3.8) is 0 Å². The van der Waals surface area contributed by atoms with Crippen molar-refractivity contribution < 1.29 is 19.1 Å². The van der Waals surface area contributed by atoms with E-state index in [1.807, 2.05) is 66.4 Å². The second kappa shape index (κ2) is 14.0. The second-order valence-corrected chi connectivity index (χ2v) is 10.5. The summed E-state index contributed by atoms with van der Waals surface area (Å²) in [5.74, 6) is -0.665. The van der Waals surface area contributed by atoms with Crippen molar-refractivity contribution in [1.29, 1.82) is 0 Å². The SMILES string of the molecule is CCCCCCc1ccc(C(=O)N2CCN(C(=O)c3nc(C)nc(-c4ccccc4)c3C(=O)OCC)CC2C)cc1. The van der Waals surface area contributed by atoms with Gasteiger partial charge in [-0.15, -0.1) is 0 Å². The molecular formula is C33H40N4O4. The van der Waals surface area contributed by atoms with Gasteiger partial charge in [-0.05, 0) is 51.3 Å². The molecule has 0 N–H and O–H groups in total. The fourth-order valence-corrected chi connectivity index (χ4v) is 5.26. The molecule has 2 amide bonds. The van der Waals surface area contributed by atoms with Crippen molar-refractivity contribution in [2.75, 3.05) is 26.2 Å². The van der Waals surface area contributed by atoms with Gasteiger partial charge in [0.1, 0.15) is 17.1 Å². The molecule has 0 bridgehead atoms. The van der Waals surface area contributed by atoms with Crippen LogP contribution >= 0.6 is 0 Å². The number of hydrogen-bond acceptors (Lipinski definition) is 6. The van der Waals surface area contributed by atoms with Crippen LogP contribution < -0.4 is 0 Å². The molecule has 41 heavy (non-hydrogen) atoms. The van der Waals surface area contributed by atoms with Crippen LogP contribution in [-0.4, -0.2) is 69.8 Å². The first-order chi connectivity index (χ1) is 19.8. The molecular weight excluding hydrogens is 516 g/mol. The highest BCUT2D eigenvalue weighted by molar-refractivity contribution is 6.07. The lowest BCUT2D eigenvalue weighted by Gasteiger charge is -2.40. The van der Waals surface area contributed by atoms with Gasteiger partial charge in [0.25, 0.3) is 11.8 Å². The predicted octanol–water partition coefficient (Wildman–Crippen LogP) is 5.74. The van der Waals surface area contributed by atoms with Gasteiger partial charge >= 0.3 is 5.97 Å². The summed E-state index contributed by atoms with van der Waals surface area (Å²) in [6, 6.07) is 16.9. The molecule has 1 aliphatic heterocycles. The highest BCUT2D eigenvalue weighted by Crippen LogP contribution is 2.27. The maximum Gasteiger partial charge on any atom is 0.342 e. The van der Waals surface area contributed by atoms with Crippen LogP contribution in [0.25, 0.3) is 11.3 Å². The quantitative estimate of drug-likeness (QED) is 0.234. The zero-order chi connectivity index (χ0) is 29.4. The first kappa shape index (κ1) is 29.9. The van der Waals surface area contributed by atoms with Crippen molar-refractivity contribution in [2.24, 2.45) is 0 Å². The van der Waals surface area contributed by atoms with Crippen molar-refractivity contribution in [3.05, 3.63) is 82.8 Å². The van der Waals surface area contributed by atoms with E-state index in [1.165, 1.54) is 24.8 Å². The van der Waals surface area contributed by atoms with E-state index in [2.05, 4.69) is 16.9 Å². The molecule has 1 unspecified atom stereocenters.